The summed E-state index contributed by atoms with van der Waals surface area (Å²) >= 11 is 0. The topological polar surface area (TPSA) is 36.4 Å². The second-order valence-corrected chi connectivity index (χ2v) is 6.18. The van der Waals surface area contributed by atoms with Gasteiger partial charge in [-0.05, 0) is 36.6 Å². The highest BCUT2D eigenvalue weighted by Gasteiger charge is 2.27. The van der Waals surface area contributed by atoms with E-state index >= 15 is 0 Å². The number of hydrogen-bond donors (Lipinski definition) is 0. The van der Waals surface area contributed by atoms with Crippen LogP contribution in [0.2, 0.25) is 0 Å². The zero-order valence-electron chi connectivity index (χ0n) is 13.8. The molecule has 23 heavy (non-hydrogen) atoms. The van der Waals surface area contributed by atoms with Gasteiger partial charge in [0.1, 0.15) is 0 Å². The Kier molecular flexibility index (Phi) is 4.72. The Morgan fingerprint density at radius 1 is 1.22 bits per heavy atom. The molecule has 0 N–H and O–H groups in total. The lowest BCUT2D eigenvalue weighted by molar-refractivity contribution is -0.136. The van der Waals surface area contributed by atoms with Crippen molar-refractivity contribution in [2.45, 2.75) is 32.5 Å². The highest BCUT2D eigenvalue weighted by molar-refractivity contribution is 5.81. The Morgan fingerprint density at radius 2 is 1.96 bits per heavy atom. The molecule has 1 aliphatic heterocycles. The summed E-state index contributed by atoms with van der Waals surface area (Å²) in [7, 11) is 1.85. The van der Waals surface area contributed by atoms with Crippen molar-refractivity contribution < 1.29 is 4.79 Å². The molecule has 2 heterocycles. The van der Waals surface area contributed by atoms with E-state index in [1.807, 2.05) is 32.2 Å². The van der Waals surface area contributed by atoms with Crippen molar-refractivity contribution >= 4 is 5.91 Å². The molecule has 3 rings (SSSR count). The monoisotopic (exact) mass is 309 g/mol. The summed E-state index contributed by atoms with van der Waals surface area (Å²) in [5, 5.41) is 0. The summed E-state index contributed by atoms with van der Waals surface area (Å²) in [5.74, 6) is 0.148. The maximum absolute atomic E-state index is 12.7. The maximum atomic E-state index is 12.7. The lowest BCUT2D eigenvalue weighted by Crippen LogP contribution is -2.47. The van der Waals surface area contributed by atoms with Gasteiger partial charge in [0.05, 0.1) is 18.3 Å². The SMILES string of the molecule is CC(C(=O)N(C)Cc1ccccn1)N1CCc2ccccc2C1. The van der Waals surface area contributed by atoms with Crippen molar-refractivity contribution in [1.82, 2.24) is 14.8 Å². The van der Waals surface area contributed by atoms with Gasteiger partial charge in [0, 0.05) is 26.3 Å². The van der Waals surface area contributed by atoms with Crippen LogP contribution in [0.25, 0.3) is 0 Å². The molecule has 2 aromatic rings. The standard InChI is InChI=1S/C19H23N3O/c1-15(19(23)21(2)14-18-9-5-6-11-20-18)22-12-10-16-7-3-4-8-17(16)13-22/h3-9,11,15H,10,12-14H2,1-2H3. The number of hydrogen-bond acceptors (Lipinski definition) is 3. The van der Waals surface area contributed by atoms with Crippen molar-refractivity contribution in [3.05, 3.63) is 65.5 Å². The van der Waals surface area contributed by atoms with Crippen LogP contribution in [0.4, 0.5) is 0 Å². The average Bonchev–Trinajstić information content (AvgIpc) is 2.61. The van der Waals surface area contributed by atoms with Gasteiger partial charge in [0.2, 0.25) is 5.91 Å². The fourth-order valence-corrected chi connectivity index (χ4v) is 3.14. The normalized spacial score (nSPS) is 15.7. The summed E-state index contributed by atoms with van der Waals surface area (Å²) in [6.45, 7) is 4.33. The van der Waals surface area contributed by atoms with Gasteiger partial charge in [0.25, 0.3) is 0 Å². The molecule has 0 radical (unpaired) electrons. The predicted molar refractivity (Wildman–Crippen MR) is 90.7 cm³/mol. The van der Waals surface area contributed by atoms with E-state index in [9.17, 15) is 4.79 Å². The summed E-state index contributed by atoms with van der Waals surface area (Å²) < 4.78 is 0. The van der Waals surface area contributed by atoms with Gasteiger partial charge in [-0.2, -0.15) is 0 Å². The first-order chi connectivity index (χ1) is 11.1. The highest BCUT2D eigenvalue weighted by atomic mass is 16.2. The first-order valence-electron chi connectivity index (χ1n) is 8.11. The lowest BCUT2D eigenvalue weighted by atomic mass is 9.98. The number of carbonyl (C=O) groups excluding carboxylic acids is 1. The van der Waals surface area contributed by atoms with Crippen molar-refractivity contribution in [1.29, 1.82) is 0 Å². The zero-order valence-corrected chi connectivity index (χ0v) is 13.8. The van der Waals surface area contributed by atoms with Crippen LogP contribution >= 0.6 is 0 Å². The van der Waals surface area contributed by atoms with Gasteiger partial charge in [-0.1, -0.05) is 30.3 Å². The minimum Gasteiger partial charge on any atom is -0.339 e. The third-order valence-electron chi connectivity index (χ3n) is 4.57. The maximum Gasteiger partial charge on any atom is 0.239 e. The van der Waals surface area contributed by atoms with E-state index in [1.165, 1.54) is 11.1 Å². The Hall–Kier alpha value is -2.20. The van der Waals surface area contributed by atoms with E-state index in [0.717, 1.165) is 25.2 Å². The van der Waals surface area contributed by atoms with Gasteiger partial charge in [-0.3, -0.25) is 14.7 Å². The quantitative estimate of drug-likeness (QED) is 0.870. The highest BCUT2D eigenvalue weighted by Crippen LogP contribution is 2.21. The smallest absolute Gasteiger partial charge is 0.239 e. The van der Waals surface area contributed by atoms with Crippen molar-refractivity contribution in [3.63, 3.8) is 0 Å². The Morgan fingerprint density at radius 3 is 2.70 bits per heavy atom. The second kappa shape index (κ2) is 6.92. The molecular formula is C19H23N3O. The predicted octanol–water partition coefficient (Wildman–Crippen LogP) is 2.49. The Balaban J connectivity index is 1.63. The molecule has 1 aromatic carbocycles. The second-order valence-electron chi connectivity index (χ2n) is 6.18. The van der Waals surface area contributed by atoms with Gasteiger partial charge >= 0.3 is 0 Å². The molecule has 1 atom stereocenters. The summed E-state index contributed by atoms with van der Waals surface area (Å²) in [6.07, 6.45) is 2.77. The van der Waals surface area contributed by atoms with Gasteiger partial charge in [0.15, 0.2) is 0 Å². The Bertz CT molecular complexity index is 671. The molecule has 120 valence electrons. The van der Waals surface area contributed by atoms with Crippen LogP contribution in [-0.4, -0.2) is 40.3 Å². The molecular weight excluding hydrogens is 286 g/mol. The van der Waals surface area contributed by atoms with E-state index in [-0.39, 0.29) is 11.9 Å². The summed E-state index contributed by atoms with van der Waals surface area (Å²) in [4.78, 5) is 21.0. The summed E-state index contributed by atoms with van der Waals surface area (Å²) in [6, 6.07) is 14.2. The number of fused-ring (bicyclic) bond motifs is 1. The van der Waals surface area contributed by atoms with E-state index < -0.39 is 0 Å². The van der Waals surface area contributed by atoms with Crippen LogP contribution in [0, 0.1) is 0 Å². The van der Waals surface area contributed by atoms with E-state index in [2.05, 4.69) is 34.1 Å². The van der Waals surface area contributed by atoms with Crippen molar-refractivity contribution in [2.24, 2.45) is 0 Å². The lowest BCUT2D eigenvalue weighted by Gasteiger charge is -2.34. The van der Waals surface area contributed by atoms with Crippen LogP contribution in [0.5, 0.6) is 0 Å². The van der Waals surface area contributed by atoms with Gasteiger partial charge in [-0.25, -0.2) is 0 Å². The molecule has 0 spiro atoms. The summed E-state index contributed by atoms with van der Waals surface area (Å²) in [5.41, 5.74) is 3.66. The van der Waals surface area contributed by atoms with E-state index in [1.54, 1.807) is 11.1 Å². The van der Waals surface area contributed by atoms with Gasteiger partial charge in [-0.15, -0.1) is 0 Å². The number of benzene rings is 1. The van der Waals surface area contributed by atoms with Gasteiger partial charge < -0.3 is 4.90 Å². The molecule has 1 aromatic heterocycles. The fraction of sp³-hybridized carbons (Fsp3) is 0.368. The minimum atomic E-state index is -0.114. The zero-order chi connectivity index (χ0) is 16.2. The molecule has 1 aliphatic rings. The number of carbonyl (C=O) groups is 1. The van der Waals surface area contributed by atoms with Crippen LogP contribution in [0.3, 0.4) is 0 Å². The third kappa shape index (κ3) is 3.59. The van der Waals surface area contributed by atoms with Crippen LogP contribution in [-0.2, 0) is 24.3 Å². The van der Waals surface area contributed by atoms with Crippen molar-refractivity contribution in [2.75, 3.05) is 13.6 Å². The first kappa shape index (κ1) is 15.7. The number of pyridine rings is 1. The number of rotatable bonds is 4. The van der Waals surface area contributed by atoms with E-state index in [4.69, 9.17) is 0 Å². The molecule has 1 unspecified atom stereocenters. The molecule has 0 saturated heterocycles. The van der Waals surface area contributed by atoms with Crippen LogP contribution in [0.15, 0.2) is 48.7 Å². The van der Waals surface area contributed by atoms with E-state index in [0.29, 0.717) is 6.54 Å². The molecule has 0 saturated carbocycles. The molecule has 0 bridgehead atoms. The molecule has 0 aliphatic carbocycles. The number of amides is 1. The number of aromatic nitrogens is 1. The molecule has 0 fully saturated rings. The average molecular weight is 309 g/mol. The largest absolute Gasteiger partial charge is 0.339 e. The molecule has 4 nitrogen and oxygen atoms in total. The van der Waals surface area contributed by atoms with Crippen LogP contribution in [0.1, 0.15) is 23.7 Å². The number of nitrogens with zero attached hydrogens (tertiary/aromatic N) is 3. The third-order valence-corrected chi connectivity index (χ3v) is 4.57. The minimum absolute atomic E-state index is 0.114. The first-order valence-corrected chi connectivity index (χ1v) is 8.11. The number of likely N-dealkylation sites (N-methyl/N-ethyl adjacent to an activating group) is 1. The fourth-order valence-electron chi connectivity index (χ4n) is 3.14. The molecule has 1 amide bonds. The molecule has 4 heteroatoms. The Labute approximate surface area is 137 Å². The van der Waals surface area contributed by atoms with Crippen LogP contribution < -0.4 is 0 Å². The van der Waals surface area contributed by atoms with Crippen molar-refractivity contribution in [3.8, 4) is 0 Å².